The quantitative estimate of drug-likeness (QED) is 0.891. The molecule has 94 valence electrons. The minimum absolute atomic E-state index is 0.241. The lowest BCUT2D eigenvalue weighted by Gasteiger charge is -2.09. The number of aryl methyl sites for hydroxylation is 1. The van der Waals surface area contributed by atoms with Crippen LogP contribution in [0, 0.1) is 18.3 Å². The molecule has 0 unspecified atom stereocenters. The SMILES string of the molecule is Cc1ccnc(Nc2ccc3c(c2)OCO3)c1C#N. The Morgan fingerprint density at radius 2 is 2.11 bits per heavy atom. The third-order valence-electron chi connectivity index (χ3n) is 2.91. The van der Waals surface area contributed by atoms with Gasteiger partial charge in [0.05, 0.1) is 5.56 Å². The Kier molecular flexibility index (Phi) is 2.69. The number of nitrogens with one attached hydrogen (secondary N) is 1. The first-order valence-corrected chi connectivity index (χ1v) is 5.80. The number of anilines is 2. The molecule has 0 saturated carbocycles. The zero-order valence-electron chi connectivity index (χ0n) is 10.3. The molecule has 5 nitrogen and oxygen atoms in total. The van der Waals surface area contributed by atoms with Crippen LogP contribution < -0.4 is 14.8 Å². The van der Waals surface area contributed by atoms with E-state index < -0.39 is 0 Å². The summed E-state index contributed by atoms with van der Waals surface area (Å²) in [6.07, 6.45) is 1.67. The van der Waals surface area contributed by atoms with Gasteiger partial charge in [-0.2, -0.15) is 5.26 Å². The van der Waals surface area contributed by atoms with Crippen molar-refractivity contribution >= 4 is 11.5 Å². The highest BCUT2D eigenvalue weighted by Crippen LogP contribution is 2.35. The Labute approximate surface area is 110 Å². The highest BCUT2D eigenvalue weighted by atomic mass is 16.7. The van der Waals surface area contributed by atoms with Crippen LogP contribution in [0.3, 0.4) is 0 Å². The number of hydrogen-bond donors (Lipinski definition) is 1. The predicted molar refractivity (Wildman–Crippen MR) is 69.5 cm³/mol. The maximum atomic E-state index is 9.16. The molecule has 1 aromatic carbocycles. The van der Waals surface area contributed by atoms with Gasteiger partial charge in [0, 0.05) is 18.0 Å². The van der Waals surface area contributed by atoms with Crippen LogP contribution in [-0.2, 0) is 0 Å². The molecule has 1 aromatic heterocycles. The van der Waals surface area contributed by atoms with Crippen molar-refractivity contribution in [2.75, 3.05) is 12.1 Å². The Bertz CT molecular complexity index is 677. The van der Waals surface area contributed by atoms with Gasteiger partial charge in [-0.25, -0.2) is 4.98 Å². The monoisotopic (exact) mass is 253 g/mol. The number of hydrogen-bond acceptors (Lipinski definition) is 5. The molecule has 0 atom stereocenters. The van der Waals surface area contributed by atoms with Crippen LogP contribution >= 0.6 is 0 Å². The number of ether oxygens (including phenoxy) is 2. The Morgan fingerprint density at radius 1 is 1.26 bits per heavy atom. The fourth-order valence-corrected chi connectivity index (χ4v) is 1.91. The van der Waals surface area contributed by atoms with Crippen LogP contribution in [0.4, 0.5) is 11.5 Å². The van der Waals surface area contributed by atoms with Crippen LogP contribution in [0.15, 0.2) is 30.5 Å². The first-order chi connectivity index (χ1) is 9.28. The standard InChI is InChI=1S/C14H11N3O2/c1-9-4-5-16-14(11(9)7-15)17-10-2-3-12-13(6-10)19-8-18-12/h2-6H,8H2,1H3,(H,16,17). The number of pyridine rings is 1. The molecule has 5 heteroatoms. The van der Waals surface area contributed by atoms with Gasteiger partial charge in [0.15, 0.2) is 11.5 Å². The Balaban J connectivity index is 1.94. The largest absolute Gasteiger partial charge is 0.454 e. The van der Waals surface area contributed by atoms with Crippen molar-refractivity contribution in [3.05, 3.63) is 41.6 Å². The molecular formula is C14H11N3O2. The van der Waals surface area contributed by atoms with Crippen molar-refractivity contribution in [1.29, 1.82) is 5.26 Å². The average Bonchev–Trinajstić information content (AvgIpc) is 2.86. The summed E-state index contributed by atoms with van der Waals surface area (Å²) in [6, 6.07) is 9.48. The maximum Gasteiger partial charge on any atom is 0.231 e. The van der Waals surface area contributed by atoms with Gasteiger partial charge in [0.2, 0.25) is 6.79 Å². The van der Waals surface area contributed by atoms with Crippen LogP contribution in [0.25, 0.3) is 0 Å². The summed E-state index contributed by atoms with van der Waals surface area (Å²) in [4.78, 5) is 4.19. The van der Waals surface area contributed by atoms with Gasteiger partial charge in [-0.15, -0.1) is 0 Å². The number of aromatic nitrogens is 1. The van der Waals surface area contributed by atoms with Gasteiger partial charge in [-0.1, -0.05) is 0 Å². The van der Waals surface area contributed by atoms with E-state index in [2.05, 4.69) is 16.4 Å². The minimum atomic E-state index is 0.241. The smallest absolute Gasteiger partial charge is 0.231 e. The molecule has 2 aromatic rings. The first kappa shape index (κ1) is 11.4. The molecule has 0 radical (unpaired) electrons. The van der Waals surface area contributed by atoms with Gasteiger partial charge < -0.3 is 14.8 Å². The summed E-state index contributed by atoms with van der Waals surface area (Å²) < 4.78 is 10.6. The predicted octanol–water partition coefficient (Wildman–Crippen LogP) is 2.73. The summed E-state index contributed by atoms with van der Waals surface area (Å²) >= 11 is 0. The average molecular weight is 253 g/mol. The van der Waals surface area contributed by atoms with E-state index in [0.717, 1.165) is 17.0 Å². The maximum absolute atomic E-state index is 9.16. The van der Waals surface area contributed by atoms with Crippen LogP contribution in [0.5, 0.6) is 11.5 Å². The Morgan fingerprint density at radius 3 is 2.95 bits per heavy atom. The fraction of sp³-hybridized carbons (Fsp3) is 0.143. The van der Waals surface area contributed by atoms with Gasteiger partial charge >= 0.3 is 0 Å². The highest BCUT2D eigenvalue weighted by Gasteiger charge is 2.14. The van der Waals surface area contributed by atoms with Crippen molar-refractivity contribution < 1.29 is 9.47 Å². The van der Waals surface area contributed by atoms with E-state index in [-0.39, 0.29) is 6.79 Å². The van der Waals surface area contributed by atoms with Crippen molar-refractivity contribution in [1.82, 2.24) is 4.98 Å². The summed E-state index contributed by atoms with van der Waals surface area (Å²) in [7, 11) is 0. The third kappa shape index (κ3) is 2.04. The molecule has 1 aliphatic rings. The molecule has 0 saturated heterocycles. The molecule has 19 heavy (non-hydrogen) atoms. The first-order valence-electron chi connectivity index (χ1n) is 5.80. The Hall–Kier alpha value is -2.74. The molecule has 0 fully saturated rings. The lowest BCUT2D eigenvalue weighted by molar-refractivity contribution is 0.174. The van der Waals surface area contributed by atoms with E-state index >= 15 is 0 Å². The number of benzene rings is 1. The molecule has 0 spiro atoms. The van der Waals surface area contributed by atoms with E-state index in [1.54, 1.807) is 6.20 Å². The van der Waals surface area contributed by atoms with Crippen LogP contribution in [-0.4, -0.2) is 11.8 Å². The number of rotatable bonds is 2. The number of nitriles is 1. The highest BCUT2D eigenvalue weighted by molar-refractivity contribution is 5.66. The van der Waals surface area contributed by atoms with E-state index in [0.29, 0.717) is 17.1 Å². The zero-order valence-corrected chi connectivity index (χ0v) is 10.3. The molecule has 1 N–H and O–H groups in total. The van der Waals surface area contributed by atoms with Crippen LogP contribution in [0.1, 0.15) is 11.1 Å². The van der Waals surface area contributed by atoms with Crippen molar-refractivity contribution in [2.45, 2.75) is 6.92 Å². The topological polar surface area (TPSA) is 67.2 Å². The lowest BCUT2D eigenvalue weighted by Crippen LogP contribution is -1.98. The van der Waals surface area contributed by atoms with Gasteiger partial charge in [0.25, 0.3) is 0 Å². The second-order valence-electron chi connectivity index (χ2n) is 4.16. The summed E-state index contributed by atoms with van der Waals surface area (Å²) in [6.45, 7) is 2.12. The molecule has 0 aliphatic carbocycles. The van der Waals surface area contributed by atoms with Crippen molar-refractivity contribution in [3.63, 3.8) is 0 Å². The zero-order chi connectivity index (χ0) is 13.2. The summed E-state index contributed by atoms with van der Waals surface area (Å²) in [5.41, 5.74) is 2.24. The van der Waals surface area contributed by atoms with Crippen LogP contribution in [0.2, 0.25) is 0 Å². The van der Waals surface area contributed by atoms with Crippen molar-refractivity contribution in [2.24, 2.45) is 0 Å². The molecular weight excluding hydrogens is 242 g/mol. The number of nitrogens with zero attached hydrogens (tertiary/aromatic N) is 2. The minimum Gasteiger partial charge on any atom is -0.454 e. The van der Waals surface area contributed by atoms with E-state index in [1.165, 1.54) is 0 Å². The van der Waals surface area contributed by atoms with Crippen molar-refractivity contribution in [3.8, 4) is 17.6 Å². The second kappa shape index (κ2) is 4.50. The van der Waals surface area contributed by atoms with Gasteiger partial charge in [0.1, 0.15) is 11.9 Å². The molecule has 3 rings (SSSR count). The molecule has 0 bridgehead atoms. The third-order valence-corrected chi connectivity index (χ3v) is 2.91. The lowest BCUT2D eigenvalue weighted by atomic mass is 10.1. The van der Waals surface area contributed by atoms with E-state index in [4.69, 9.17) is 14.7 Å². The van der Waals surface area contributed by atoms with Gasteiger partial charge in [-0.05, 0) is 30.7 Å². The normalized spacial score (nSPS) is 12.0. The molecule has 0 amide bonds. The molecule has 1 aliphatic heterocycles. The summed E-state index contributed by atoms with van der Waals surface area (Å²) in [5, 5.41) is 12.3. The van der Waals surface area contributed by atoms with Gasteiger partial charge in [-0.3, -0.25) is 0 Å². The van der Waals surface area contributed by atoms with E-state index in [1.807, 2.05) is 31.2 Å². The van der Waals surface area contributed by atoms with E-state index in [9.17, 15) is 0 Å². The summed E-state index contributed by atoms with van der Waals surface area (Å²) in [5.74, 6) is 1.96. The molecule has 2 heterocycles. The fourth-order valence-electron chi connectivity index (χ4n) is 1.91. The number of fused-ring (bicyclic) bond motifs is 1. The second-order valence-corrected chi connectivity index (χ2v) is 4.16.